The number of hydrogen-bond donors (Lipinski definition) is 2. The Hall–Kier alpha value is -0.740. The van der Waals surface area contributed by atoms with Gasteiger partial charge in [-0.1, -0.05) is 50.5 Å². The van der Waals surface area contributed by atoms with E-state index in [4.69, 9.17) is 5.11 Å². The molecule has 3 aliphatic rings. The number of thioether (sulfide) groups is 1. The molecule has 0 aromatic rings. The number of carbonyl (C=O) groups is 1. The molecule has 1 aliphatic carbocycles. The SMILES string of the molecule is CCCCCC(O)C=CC1CC2CC(S2)C1CC=CCCCC(=O)O. The van der Waals surface area contributed by atoms with Gasteiger partial charge in [-0.2, -0.15) is 11.8 Å². The summed E-state index contributed by atoms with van der Waals surface area (Å²) in [6.07, 6.45) is 18.4. The zero-order valence-electron chi connectivity index (χ0n) is 15.5. The first kappa shape index (κ1) is 20.6. The normalized spacial score (nSPS) is 29.8. The summed E-state index contributed by atoms with van der Waals surface area (Å²) < 4.78 is 0. The zero-order valence-corrected chi connectivity index (χ0v) is 16.3. The van der Waals surface area contributed by atoms with Gasteiger partial charge in [0.25, 0.3) is 0 Å². The average Bonchev–Trinajstić information content (AvgIpc) is 2.55. The highest BCUT2D eigenvalue weighted by Gasteiger charge is 2.44. The van der Waals surface area contributed by atoms with Crippen LogP contribution in [0.5, 0.6) is 0 Å². The molecular weight excluding hydrogens is 332 g/mol. The third-order valence-corrected chi connectivity index (χ3v) is 7.11. The number of aliphatic hydroxyl groups excluding tert-OH is 1. The fourth-order valence-corrected chi connectivity index (χ4v) is 5.58. The molecule has 3 nitrogen and oxygen atoms in total. The van der Waals surface area contributed by atoms with Gasteiger partial charge in [0.05, 0.1) is 6.10 Å². The van der Waals surface area contributed by atoms with Gasteiger partial charge in [0, 0.05) is 16.9 Å². The standard InChI is InChI=1S/C21H34O3S/c1-2-3-6-9-17(22)13-12-16-14-18-15-20(25-18)19(16)10-7-4-5-8-11-21(23)24/h4,7,12-13,16-20,22H,2-3,5-6,8-11,14-15H2,1H3,(H,23,24). The number of allylic oxidation sites excluding steroid dienone is 3. The van der Waals surface area contributed by atoms with E-state index in [2.05, 4.69) is 36.9 Å². The maximum atomic E-state index is 10.5. The molecule has 0 amide bonds. The molecule has 0 spiro atoms. The summed E-state index contributed by atoms with van der Waals surface area (Å²) in [7, 11) is 0. The molecule has 1 saturated carbocycles. The number of fused-ring (bicyclic) bond motifs is 2. The van der Waals surface area contributed by atoms with E-state index in [-0.39, 0.29) is 12.5 Å². The molecule has 3 rings (SSSR count). The second-order valence-electron chi connectivity index (χ2n) is 7.54. The van der Waals surface area contributed by atoms with Crippen LogP contribution in [0.2, 0.25) is 0 Å². The molecule has 142 valence electrons. The quantitative estimate of drug-likeness (QED) is 0.368. The van der Waals surface area contributed by atoms with Crippen LogP contribution < -0.4 is 0 Å². The lowest BCUT2D eigenvalue weighted by Crippen LogP contribution is -2.44. The van der Waals surface area contributed by atoms with Gasteiger partial charge in [0.1, 0.15) is 0 Å². The van der Waals surface area contributed by atoms with Gasteiger partial charge in [-0.15, -0.1) is 0 Å². The lowest BCUT2D eigenvalue weighted by Gasteiger charge is -2.49. The summed E-state index contributed by atoms with van der Waals surface area (Å²) in [6, 6.07) is 0. The van der Waals surface area contributed by atoms with Crippen molar-refractivity contribution in [2.75, 3.05) is 0 Å². The minimum atomic E-state index is -0.708. The summed E-state index contributed by atoms with van der Waals surface area (Å²) >= 11 is 2.14. The molecule has 2 aliphatic heterocycles. The Morgan fingerprint density at radius 3 is 2.76 bits per heavy atom. The molecule has 5 atom stereocenters. The lowest BCUT2D eigenvalue weighted by atomic mass is 9.75. The lowest BCUT2D eigenvalue weighted by molar-refractivity contribution is -0.137. The number of carboxylic acids is 1. The van der Waals surface area contributed by atoms with Crippen LogP contribution in [0.15, 0.2) is 24.3 Å². The number of rotatable bonds is 12. The second-order valence-corrected chi connectivity index (χ2v) is 9.08. The van der Waals surface area contributed by atoms with E-state index >= 15 is 0 Å². The van der Waals surface area contributed by atoms with Gasteiger partial charge in [0.2, 0.25) is 0 Å². The molecular formula is C21H34O3S. The van der Waals surface area contributed by atoms with Gasteiger partial charge in [-0.25, -0.2) is 0 Å². The first-order valence-corrected chi connectivity index (χ1v) is 10.9. The number of hydrogen-bond acceptors (Lipinski definition) is 3. The first-order valence-electron chi connectivity index (χ1n) is 9.98. The minimum absolute atomic E-state index is 0.259. The predicted octanol–water partition coefficient (Wildman–Crippen LogP) is 5.20. The summed E-state index contributed by atoms with van der Waals surface area (Å²) in [4.78, 5) is 10.5. The van der Waals surface area contributed by atoms with E-state index < -0.39 is 5.97 Å². The smallest absolute Gasteiger partial charge is 0.303 e. The molecule has 5 unspecified atom stereocenters. The Kier molecular flexibility index (Phi) is 9.11. The first-order chi connectivity index (χ1) is 12.1. The van der Waals surface area contributed by atoms with Crippen molar-refractivity contribution in [2.24, 2.45) is 11.8 Å². The fraction of sp³-hybridized carbons (Fsp3) is 0.762. The molecule has 4 heteroatoms. The van der Waals surface area contributed by atoms with Gasteiger partial charge < -0.3 is 10.2 Å². The van der Waals surface area contributed by atoms with Crippen LogP contribution in [-0.2, 0) is 4.79 Å². The van der Waals surface area contributed by atoms with Crippen molar-refractivity contribution >= 4 is 17.7 Å². The van der Waals surface area contributed by atoms with Crippen molar-refractivity contribution in [2.45, 2.75) is 87.7 Å². The summed E-state index contributed by atoms with van der Waals surface area (Å²) in [5.74, 6) is 0.555. The Labute approximate surface area is 157 Å². The van der Waals surface area contributed by atoms with Crippen molar-refractivity contribution in [3.05, 3.63) is 24.3 Å². The van der Waals surface area contributed by atoms with Crippen molar-refractivity contribution in [1.29, 1.82) is 0 Å². The van der Waals surface area contributed by atoms with Gasteiger partial charge >= 0.3 is 5.97 Å². The summed E-state index contributed by atoms with van der Waals surface area (Å²) in [5, 5.41) is 20.4. The van der Waals surface area contributed by atoms with Crippen molar-refractivity contribution in [3.63, 3.8) is 0 Å². The van der Waals surface area contributed by atoms with Gasteiger partial charge in [-0.3, -0.25) is 4.79 Å². The van der Waals surface area contributed by atoms with Crippen LogP contribution in [0.25, 0.3) is 0 Å². The van der Waals surface area contributed by atoms with Crippen LogP contribution >= 0.6 is 11.8 Å². The molecule has 0 aromatic carbocycles. The van der Waals surface area contributed by atoms with Gasteiger partial charge in [-0.05, 0) is 50.4 Å². The molecule has 2 heterocycles. The molecule has 0 radical (unpaired) electrons. The number of carboxylic acid groups (broad SMARTS) is 1. The molecule has 2 bridgehead atoms. The van der Waals surface area contributed by atoms with Crippen molar-refractivity contribution < 1.29 is 15.0 Å². The molecule has 2 N–H and O–H groups in total. The monoisotopic (exact) mass is 366 g/mol. The van der Waals surface area contributed by atoms with Crippen LogP contribution in [0, 0.1) is 11.8 Å². The zero-order chi connectivity index (χ0) is 18.1. The molecule has 0 aromatic heterocycles. The Bertz CT molecular complexity index is 454. The van der Waals surface area contributed by atoms with E-state index in [0.29, 0.717) is 11.8 Å². The third kappa shape index (κ3) is 7.18. The van der Waals surface area contributed by atoms with E-state index in [9.17, 15) is 9.90 Å². The fourth-order valence-electron chi connectivity index (χ4n) is 3.94. The van der Waals surface area contributed by atoms with E-state index in [1.54, 1.807) is 0 Å². The van der Waals surface area contributed by atoms with Crippen LogP contribution in [0.4, 0.5) is 0 Å². The molecule has 25 heavy (non-hydrogen) atoms. The molecule has 3 fully saturated rings. The van der Waals surface area contributed by atoms with Crippen LogP contribution in [0.1, 0.15) is 71.1 Å². The Morgan fingerprint density at radius 2 is 2.04 bits per heavy atom. The van der Waals surface area contributed by atoms with E-state index in [0.717, 1.165) is 42.6 Å². The third-order valence-electron chi connectivity index (χ3n) is 5.45. The maximum absolute atomic E-state index is 10.5. The minimum Gasteiger partial charge on any atom is -0.481 e. The van der Waals surface area contributed by atoms with E-state index in [1.807, 2.05) is 6.08 Å². The Balaban J connectivity index is 1.76. The van der Waals surface area contributed by atoms with Crippen molar-refractivity contribution in [3.8, 4) is 0 Å². The highest BCUT2D eigenvalue weighted by atomic mass is 32.2. The highest BCUT2D eigenvalue weighted by molar-refractivity contribution is 8.01. The Morgan fingerprint density at radius 1 is 1.24 bits per heavy atom. The summed E-state index contributed by atoms with van der Waals surface area (Å²) in [6.45, 7) is 2.19. The maximum Gasteiger partial charge on any atom is 0.303 e. The average molecular weight is 367 g/mol. The number of aliphatic hydroxyl groups is 1. The van der Waals surface area contributed by atoms with Crippen LogP contribution in [0.3, 0.4) is 0 Å². The van der Waals surface area contributed by atoms with Gasteiger partial charge in [0.15, 0.2) is 0 Å². The highest BCUT2D eigenvalue weighted by Crippen LogP contribution is 2.54. The van der Waals surface area contributed by atoms with Crippen LogP contribution in [-0.4, -0.2) is 32.8 Å². The largest absolute Gasteiger partial charge is 0.481 e. The topological polar surface area (TPSA) is 57.5 Å². The van der Waals surface area contributed by atoms with E-state index in [1.165, 1.54) is 25.7 Å². The predicted molar refractivity (Wildman–Crippen MR) is 106 cm³/mol. The number of aliphatic carboxylic acids is 1. The second kappa shape index (κ2) is 11.1. The van der Waals surface area contributed by atoms with Crippen molar-refractivity contribution in [1.82, 2.24) is 0 Å². The number of unbranched alkanes of at least 4 members (excludes halogenated alkanes) is 3. The molecule has 2 saturated heterocycles. The summed E-state index contributed by atoms with van der Waals surface area (Å²) in [5.41, 5.74) is 0.